The Labute approximate surface area is 161 Å². The SMILES string of the molecule is COc1ccc(CC(C)N(CC(O)c2ccccc2)c2ccccc2)cc1. The largest absolute Gasteiger partial charge is 0.497 e. The fourth-order valence-electron chi connectivity index (χ4n) is 3.34. The maximum Gasteiger partial charge on any atom is 0.118 e. The Kier molecular flexibility index (Phi) is 6.50. The molecule has 0 aromatic heterocycles. The van der Waals surface area contributed by atoms with Gasteiger partial charge in [0.05, 0.1) is 13.2 Å². The molecule has 0 aliphatic heterocycles. The van der Waals surface area contributed by atoms with Gasteiger partial charge in [0, 0.05) is 18.3 Å². The first-order valence-electron chi connectivity index (χ1n) is 9.35. The number of methoxy groups -OCH3 is 1. The number of ether oxygens (including phenoxy) is 1. The van der Waals surface area contributed by atoms with Gasteiger partial charge in [-0.3, -0.25) is 0 Å². The monoisotopic (exact) mass is 361 g/mol. The van der Waals surface area contributed by atoms with Crippen molar-refractivity contribution in [3.8, 4) is 5.75 Å². The second-order valence-corrected chi connectivity index (χ2v) is 6.82. The summed E-state index contributed by atoms with van der Waals surface area (Å²) in [7, 11) is 1.68. The zero-order chi connectivity index (χ0) is 19.1. The number of aliphatic hydroxyl groups is 1. The van der Waals surface area contributed by atoms with Crippen LogP contribution in [0.5, 0.6) is 5.75 Å². The van der Waals surface area contributed by atoms with Gasteiger partial charge in [-0.25, -0.2) is 0 Å². The lowest BCUT2D eigenvalue weighted by atomic mass is 10.0. The van der Waals surface area contributed by atoms with Crippen LogP contribution in [0.25, 0.3) is 0 Å². The first kappa shape index (κ1) is 19.0. The fraction of sp³-hybridized carbons (Fsp3) is 0.250. The standard InChI is InChI=1S/C24H27NO2/c1-19(17-20-13-15-23(27-2)16-14-20)25(22-11-7-4-8-12-22)18-24(26)21-9-5-3-6-10-21/h3-16,19,24,26H,17-18H2,1-2H3. The molecule has 0 heterocycles. The Hall–Kier alpha value is -2.78. The van der Waals surface area contributed by atoms with E-state index in [-0.39, 0.29) is 6.04 Å². The van der Waals surface area contributed by atoms with Crippen LogP contribution in [0.4, 0.5) is 5.69 Å². The van der Waals surface area contributed by atoms with Gasteiger partial charge in [-0.05, 0) is 48.7 Å². The summed E-state index contributed by atoms with van der Waals surface area (Å²) >= 11 is 0. The topological polar surface area (TPSA) is 32.7 Å². The van der Waals surface area contributed by atoms with Gasteiger partial charge < -0.3 is 14.7 Å². The molecule has 3 aromatic rings. The number of hydrogen-bond donors (Lipinski definition) is 1. The van der Waals surface area contributed by atoms with Crippen molar-refractivity contribution in [3.05, 3.63) is 96.1 Å². The van der Waals surface area contributed by atoms with E-state index >= 15 is 0 Å². The Morgan fingerprint density at radius 2 is 1.44 bits per heavy atom. The molecule has 1 N–H and O–H groups in total. The molecule has 3 nitrogen and oxygen atoms in total. The molecule has 3 aromatic carbocycles. The second-order valence-electron chi connectivity index (χ2n) is 6.82. The van der Waals surface area contributed by atoms with Crippen molar-refractivity contribution in [2.75, 3.05) is 18.6 Å². The van der Waals surface area contributed by atoms with Gasteiger partial charge in [0.25, 0.3) is 0 Å². The van der Waals surface area contributed by atoms with Crippen molar-refractivity contribution in [3.63, 3.8) is 0 Å². The van der Waals surface area contributed by atoms with Crippen molar-refractivity contribution >= 4 is 5.69 Å². The van der Waals surface area contributed by atoms with Gasteiger partial charge >= 0.3 is 0 Å². The first-order chi connectivity index (χ1) is 13.2. The van der Waals surface area contributed by atoms with E-state index in [0.717, 1.165) is 23.4 Å². The van der Waals surface area contributed by atoms with Crippen LogP contribution in [0.15, 0.2) is 84.9 Å². The van der Waals surface area contributed by atoms with Crippen LogP contribution in [0.1, 0.15) is 24.2 Å². The molecule has 0 saturated carbocycles. The molecule has 0 aliphatic rings. The molecule has 3 rings (SSSR count). The van der Waals surface area contributed by atoms with E-state index < -0.39 is 6.10 Å². The van der Waals surface area contributed by atoms with E-state index in [2.05, 4.69) is 36.1 Å². The number of benzene rings is 3. The lowest BCUT2D eigenvalue weighted by Gasteiger charge is -2.33. The van der Waals surface area contributed by atoms with Gasteiger partial charge in [-0.15, -0.1) is 0 Å². The molecule has 0 spiro atoms. The third-order valence-electron chi connectivity index (χ3n) is 4.86. The number of aliphatic hydroxyl groups excluding tert-OH is 1. The predicted molar refractivity (Wildman–Crippen MR) is 111 cm³/mol. The van der Waals surface area contributed by atoms with Crippen molar-refractivity contribution < 1.29 is 9.84 Å². The maximum atomic E-state index is 10.8. The summed E-state index contributed by atoms with van der Waals surface area (Å²) < 4.78 is 5.25. The highest BCUT2D eigenvalue weighted by molar-refractivity contribution is 5.48. The predicted octanol–water partition coefficient (Wildman–Crippen LogP) is 4.87. The summed E-state index contributed by atoms with van der Waals surface area (Å²) in [6.45, 7) is 2.75. The molecule has 0 fully saturated rings. The Morgan fingerprint density at radius 3 is 2.04 bits per heavy atom. The number of hydrogen-bond acceptors (Lipinski definition) is 3. The molecule has 140 valence electrons. The van der Waals surface area contributed by atoms with Crippen LogP contribution in [0, 0.1) is 0 Å². The molecular weight excluding hydrogens is 334 g/mol. The number of para-hydroxylation sites is 1. The third kappa shape index (κ3) is 5.11. The highest BCUT2D eigenvalue weighted by Crippen LogP contribution is 2.24. The van der Waals surface area contributed by atoms with E-state index in [9.17, 15) is 5.11 Å². The molecule has 0 bridgehead atoms. The normalized spacial score (nSPS) is 13.0. The summed E-state index contributed by atoms with van der Waals surface area (Å²) in [6, 6.07) is 28.6. The van der Waals surface area contributed by atoms with Gasteiger partial charge in [0.2, 0.25) is 0 Å². The van der Waals surface area contributed by atoms with Crippen LogP contribution in [0.2, 0.25) is 0 Å². The third-order valence-corrected chi connectivity index (χ3v) is 4.86. The Balaban J connectivity index is 1.78. The zero-order valence-corrected chi connectivity index (χ0v) is 16.0. The molecule has 0 saturated heterocycles. The second kappa shape index (κ2) is 9.24. The van der Waals surface area contributed by atoms with Crippen LogP contribution in [-0.4, -0.2) is 24.8 Å². The van der Waals surface area contributed by atoms with Crippen molar-refractivity contribution in [1.29, 1.82) is 0 Å². The lowest BCUT2D eigenvalue weighted by Crippen LogP contribution is -2.38. The number of rotatable bonds is 8. The smallest absolute Gasteiger partial charge is 0.118 e. The summed E-state index contributed by atoms with van der Waals surface area (Å²) in [6.07, 6.45) is 0.352. The average Bonchev–Trinajstić information content (AvgIpc) is 2.73. The van der Waals surface area contributed by atoms with Gasteiger partial charge in [-0.1, -0.05) is 60.7 Å². The summed E-state index contributed by atoms with van der Waals surface area (Å²) in [5, 5.41) is 10.8. The molecule has 2 unspecified atom stereocenters. The average molecular weight is 361 g/mol. The summed E-state index contributed by atoms with van der Waals surface area (Å²) in [5.74, 6) is 0.866. The molecule has 27 heavy (non-hydrogen) atoms. The Morgan fingerprint density at radius 1 is 0.852 bits per heavy atom. The van der Waals surface area contributed by atoms with Crippen LogP contribution >= 0.6 is 0 Å². The summed E-state index contributed by atoms with van der Waals surface area (Å²) in [4.78, 5) is 2.28. The van der Waals surface area contributed by atoms with Crippen LogP contribution < -0.4 is 9.64 Å². The zero-order valence-electron chi connectivity index (χ0n) is 16.0. The highest BCUT2D eigenvalue weighted by Gasteiger charge is 2.19. The van der Waals surface area contributed by atoms with E-state index in [1.54, 1.807) is 7.11 Å². The minimum Gasteiger partial charge on any atom is -0.497 e. The number of anilines is 1. The van der Waals surface area contributed by atoms with Crippen LogP contribution in [-0.2, 0) is 6.42 Å². The molecule has 3 heteroatoms. The van der Waals surface area contributed by atoms with Gasteiger partial charge in [-0.2, -0.15) is 0 Å². The van der Waals surface area contributed by atoms with Crippen molar-refractivity contribution in [2.45, 2.75) is 25.5 Å². The van der Waals surface area contributed by atoms with E-state index in [1.165, 1.54) is 5.56 Å². The molecule has 0 amide bonds. The highest BCUT2D eigenvalue weighted by atomic mass is 16.5. The molecular formula is C24H27NO2. The van der Waals surface area contributed by atoms with Crippen LogP contribution in [0.3, 0.4) is 0 Å². The van der Waals surface area contributed by atoms with Crippen molar-refractivity contribution in [1.82, 2.24) is 0 Å². The number of nitrogens with zero attached hydrogens (tertiary/aromatic N) is 1. The maximum absolute atomic E-state index is 10.8. The lowest BCUT2D eigenvalue weighted by molar-refractivity contribution is 0.180. The van der Waals surface area contributed by atoms with Gasteiger partial charge in [0.1, 0.15) is 5.75 Å². The molecule has 2 atom stereocenters. The van der Waals surface area contributed by atoms with E-state index in [1.807, 2.05) is 60.7 Å². The molecule has 0 aliphatic carbocycles. The quantitative estimate of drug-likeness (QED) is 0.621. The fourth-order valence-corrected chi connectivity index (χ4v) is 3.34. The van der Waals surface area contributed by atoms with E-state index in [4.69, 9.17) is 4.74 Å². The minimum absolute atomic E-state index is 0.235. The van der Waals surface area contributed by atoms with E-state index in [0.29, 0.717) is 6.54 Å². The summed E-state index contributed by atoms with van der Waals surface area (Å²) in [5.41, 5.74) is 3.31. The van der Waals surface area contributed by atoms with Gasteiger partial charge in [0.15, 0.2) is 0 Å². The van der Waals surface area contributed by atoms with Crippen molar-refractivity contribution in [2.24, 2.45) is 0 Å². The minimum atomic E-state index is -0.537. The Bertz CT molecular complexity index is 803. The first-order valence-corrected chi connectivity index (χ1v) is 9.35. The molecule has 0 radical (unpaired) electrons.